The number of carbonyl (C=O) groups excluding carboxylic acids is 1. The highest BCUT2D eigenvalue weighted by molar-refractivity contribution is 5.81. The van der Waals surface area contributed by atoms with E-state index < -0.39 is 18.1 Å². The van der Waals surface area contributed by atoms with E-state index in [0.29, 0.717) is 18.6 Å². The quantitative estimate of drug-likeness (QED) is 0.877. The largest absolute Gasteiger partial charge is 0.467 e. The van der Waals surface area contributed by atoms with Crippen molar-refractivity contribution in [2.45, 2.75) is 57.4 Å². The molecule has 1 aromatic rings. The van der Waals surface area contributed by atoms with Crippen molar-refractivity contribution in [3.8, 4) is 0 Å². The molecule has 3 atom stereocenters. The first-order chi connectivity index (χ1) is 10.4. The van der Waals surface area contributed by atoms with Gasteiger partial charge in [0.2, 0.25) is 5.91 Å². The Balaban J connectivity index is 1.78. The van der Waals surface area contributed by atoms with Crippen LogP contribution in [0.5, 0.6) is 0 Å². The molecule has 7 heteroatoms. The van der Waals surface area contributed by atoms with E-state index in [4.69, 9.17) is 4.42 Å². The lowest BCUT2D eigenvalue weighted by molar-refractivity contribution is -0.183. The van der Waals surface area contributed by atoms with Gasteiger partial charge in [0.05, 0.1) is 24.8 Å². The van der Waals surface area contributed by atoms with Crippen LogP contribution in [-0.4, -0.2) is 24.2 Å². The lowest BCUT2D eigenvalue weighted by Crippen LogP contribution is -2.48. The molecule has 4 nitrogen and oxygen atoms in total. The number of rotatable bonds is 5. The molecule has 0 aliphatic heterocycles. The molecule has 0 aromatic carbocycles. The van der Waals surface area contributed by atoms with Gasteiger partial charge in [-0.15, -0.1) is 0 Å². The Morgan fingerprint density at radius 3 is 2.86 bits per heavy atom. The summed E-state index contributed by atoms with van der Waals surface area (Å²) < 4.78 is 43.4. The molecule has 1 aliphatic rings. The molecule has 124 valence electrons. The van der Waals surface area contributed by atoms with Crippen molar-refractivity contribution in [1.29, 1.82) is 0 Å². The summed E-state index contributed by atoms with van der Waals surface area (Å²) in [6, 6.07) is 2.66. The third-order valence-corrected chi connectivity index (χ3v) is 4.03. The predicted molar refractivity (Wildman–Crippen MR) is 75.0 cm³/mol. The minimum Gasteiger partial charge on any atom is -0.467 e. The van der Waals surface area contributed by atoms with E-state index in [9.17, 15) is 18.0 Å². The fraction of sp³-hybridized carbons (Fsp3) is 0.667. The zero-order valence-electron chi connectivity index (χ0n) is 12.5. The Kier molecular flexibility index (Phi) is 5.50. The smallest absolute Gasteiger partial charge is 0.391 e. The van der Waals surface area contributed by atoms with Crippen LogP contribution in [0.3, 0.4) is 0 Å². The summed E-state index contributed by atoms with van der Waals surface area (Å²) in [4.78, 5) is 12.0. The van der Waals surface area contributed by atoms with Gasteiger partial charge in [-0.2, -0.15) is 13.2 Å². The lowest BCUT2D eigenvalue weighted by Gasteiger charge is -2.32. The predicted octanol–water partition coefficient (Wildman–Crippen LogP) is 3.00. The standard InChI is InChI=1S/C15H21F3N2O2/c1-10(14(21)19-9-13-6-3-7-22-13)20-12-5-2-4-11(8-12)15(16,17)18/h3,6-7,10-12,20H,2,4-5,8-9H2,1H3,(H,19,21)/t10-,11-,12-/m0/s1. The molecule has 22 heavy (non-hydrogen) atoms. The molecule has 1 saturated carbocycles. The van der Waals surface area contributed by atoms with Gasteiger partial charge in [-0.1, -0.05) is 6.42 Å². The molecule has 1 amide bonds. The monoisotopic (exact) mass is 318 g/mol. The second kappa shape index (κ2) is 7.17. The van der Waals surface area contributed by atoms with Crippen LogP contribution in [-0.2, 0) is 11.3 Å². The van der Waals surface area contributed by atoms with Crippen LogP contribution in [0.1, 0.15) is 38.4 Å². The van der Waals surface area contributed by atoms with E-state index >= 15 is 0 Å². The third kappa shape index (κ3) is 4.76. The highest BCUT2D eigenvalue weighted by Crippen LogP contribution is 2.37. The first-order valence-electron chi connectivity index (χ1n) is 7.49. The number of nitrogens with one attached hydrogen (secondary N) is 2. The number of furan rings is 1. The van der Waals surface area contributed by atoms with Crippen molar-refractivity contribution in [3.63, 3.8) is 0 Å². The van der Waals surface area contributed by atoms with E-state index in [1.165, 1.54) is 6.26 Å². The minimum absolute atomic E-state index is 0.0410. The number of hydrogen-bond donors (Lipinski definition) is 2. The molecule has 1 aromatic heterocycles. The average Bonchev–Trinajstić information content (AvgIpc) is 2.97. The van der Waals surface area contributed by atoms with E-state index in [1.807, 2.05) is 0 Å². The second-order valence-electron chi connectivity index (χ2n) is 5.79. The Morgan fingerprint density at radius 1 is 1.45 bits per heavy atom. The summed E-state index contributed by atoms with van der Waals surface area (Å²) >= 11 is 0. The summed E-state index contributed by atoms with van der Waals surface area (Å²) in [6.07, 6.45) is -1.21. The number of amides is 1. The van der Waals surface area contributed by atoms with Crippen LogP contribution in [0.25, 0.3) is 0 Å². The summed E-state index contributed by atoms with van der Waals surface area (Å²) in [5.74, 6) is -0.877. The molecule has 0 saturated heterocycles. The fourth-order valence-corrected chi connectivity index (χ4v) is 2.81. The van der Waals surface area contributed by atoms with Gasteiger partial charge >= 0.3 is 6.18 Å². The van der Waals surface area contributed by atoms with Crippen molar-refractivity contribution in [2.75, 3.05) is 0 Å². The highest BCUT2D eigenvalue weighted by Gasteiger charge is 2.42. The maximum Gasteiger partial charge on any atom is 0.391 e. The van der Waals surface area contributed by atoms with Crippen molar-refractivity contribution < 1.29 is 22.4 Å². The molecular weight excluding hydrogens is 297 g/mol. The van der Waals surface area contributed by atoms with Gasteiger partial charge in [-0.05, 0) is 38.3 Å². The number of carbonyl (C=O) groups is 1. The molecule has 0 unspecified atom stereocenters. The molecule has 0 spiro atoms. The zero-order valence-corrected chi connectivity index (χ0v) is 12.5. The Hall–Kier alpha value is -1.50. The zero-order chi connectivity index (χ0) is 16.2. The number of hydrogen-bond acceptors (Lipinski definition) is 3. The van der Waals surface area contributed by atoms with Crippen LogP contribution in [0.2, 0.25) is 0 Å². The maximum absolute atomic E-state index is 12.8. The minimum atomic E-state index is -4.15. The van der Waals surface area contributed by atoms with Crippen molar-refractivity contribution >= 4 is 5.91 Å². The van der Waals surface area contributed by atoms with Gasteiger partial charge in [0.1, 0.15) is 5.76 Å². The normalized spacial score (nSPS) is 24.0. The van der Waals surface area contributed by atoms with Gasteiger partial charge in [0, 0.05) is 6.04 Å². The number of halogens is 3. The molecule has 1 fully saturated rings. The van der Waals surface area contributed by atoms with Gasteiger partial charge < -0.3 is 15.1 Å². The highest BCUT2D eigenvalue weighted by atomic mass is 19.4. The lowest BCUT2D eigenvalue weighted by atomic mass is 9.85. The van der Waals surface area contributed by atoms with Gasteiger partial charge in [0.15, 0.2) is 0 Å². The molecular formula is C15H21F3N2O2. The van der Waals surface area contributed by atoms with Crippen LogP contribution in [0, 0.1) is 5.92 Å². The maximum atomic E-state index is 12.8. The topological polar surface area (TPSA) is 54.3 Å². The summed E-state index contributed by atoms with van der Waals surface area (Å²) in [6.45, 7) is 1.93. The molecule has 0 radical (unpaired) electrons. The fourth-order valence-electron chi connectivity index (χ4n) is 2.81. The summed E-state index contributed by atoms with van der Waals surface area (Å²) in [5.41, 5.74) is 0. The first-order valence-corrected chi connectivity index (χ1v) is 7.49. The molecule has 1 heterocycles. The van der Waals surface area contributed by atoms with Gasteiger partial charge in [-0.3, -0.25) is 4.79 Å². The van der Waals surface area contributed by atoms with Crippen LogP contribution >= 0.6 is 0 Å². The van der Waals surface area contributed by atoms with Crippen LogP contribution in [0.4, 0.5) is 13.2 Å². The second-order valence-corrected chi connectivity index (χ2v) is 5.79. The Labute approximate surface area is 127 Å². The van der Waals surface area contributed by atoms with Crippen molar-refractivity contribution in [3.05, 3.63) is 24.2 Å². The SMILES string of the molecule is C[C@H](N[C@H]1CCC[C@H](C(F)(F)F)C1)C(=O)NCc1ccco1. The van der Waals surface area contributed by atoms with E-state index in [1.54, 1.807) is 19.1 Å². The van der Waals surface area contributed by atoms with Crippen LogP contribution < -0.4 is 10.6 Å². The van der Waals surface area contributed by atoms with E-state index in [-0.39, 0.29) is 31.3 Å². The summed E-state index contributed by atoms with van der Waals surface area (Å²) in [5, 5.41) is 5.71. The molecule has 2 N–H and O–H groups in total. The Bertz CT molecular complexity index is 474. The molecule has 2 rings (SSSR count). The third-order valence-electron chi connectivity index (χ3n) is 4.03. The molecule has 0 bridgehead atoms. The van der Waals surface area contributed by atoms with Crippen molar-refractivity contribution in [2.24, 2.45) is 5.92 Å². The first kappa shape index (κ1) is 16.9. The van der Waals surface area contributed by atoms with E-state index in [2.05, 4.69) is 10.6 Å². The van der Waals surface area contributed by atoms with Gasteiger partial charge in [-0.25, -0.2) is 0 Å². The van der Waals surface area contributed by atoms with Crippen LogP contribution in [0.15, 0.2) is 22.8 Å². The van der Waals surface area contributed by atoms with E-state index in [0.717, 1.165) is 0 Å². The summed E-state index contributed by atoms with van der Waals surface area (Å²) in [7, 11) is 0. The molecule has 1 aliphatic carbocycles. The van der Waals surface area contributed by atoms with Gasteiger partial charge in [0.25, 0.3) is 0 Å². The van der Waals surface area contributed by atoms with Crippen molar-refractivity contribution in [1.82, 2.24) is 10.6 Å². The average molecular weight is 318 g/mol. The Morgan fingerprint density at radius 2 is 2.23 bits per heavy atom. The number of alkyl halides is 3.